The number of nitrogens with zero attached hydrogens (tertiary/aromatic N) is 2. The Labute approximate surface area is 145 Å². The first-order chi connectivity index (χ1) is 11.9. The molecule has 0 aliphatic rings. The Kier molecular flexibility index (Phi) is 6.05. The van der Waals surface area contributed by atoms with Crippen LogP contribution in [-0.4, -0.2) is 34.8 Å². The Balaban J connectivity index is 2.18. The zero-order chi connectivity index (χ0) is 18.4. The summed E-state index contributed by atoms with van der Waals surface area (Å²) in [6.45, 7) is 3.31. The Morgan fingerprint density at radius 3 is 2.44 bits per heavy atom. The molecular formula is C18H21N3O4. The van der Waals surface area contributed by atoms with Crippen LogP contribution in [0.4, 0.5) is 0 Å². The van der Waals surface area contributed by atoms with Gasteiger partial charge in [-0.15, -0.1) is 0 Å². The van der Waals surface area contributed by atoms with Gasteiger partial charge in [-0.3, -0.25) is 9.59 Å². The van der Waals surface area contributed by atoms with Crippen molar-refractivity contribution in [2.24, 2.45) is 5.92 Å². The minimum Gasteiger partial charge on any atom is -0.467 e. The summed E-state index contributed by atoms with van der Waals surface area (Å²) >= 11 is 0. The smallest absolute Gasteiger partial charge is 0.328 e. The molecule has 2 rings (SSSR count). The van der Waals surface area contributed by atoms with Crippen LogP contribution in [0.5, 0.6) is 0 Å². The van der Waals surface area contributed by atoms with Crippen molar-refractivity contribution < 1.29 is 14.3 Å². The maximum absolute atomic E-state index is 12.2. The second kappa shape index (κ2) is 8.23. The van der Waals surface area contributed by atoms with Gasteiger partial charge in [-0.1, -0.05) is 44.2 Å². The van der Waals surface area contributed by atoms with E-state index in [1.807, 2.05) is 30.3 Å². The minimum absolute atomic E-state index is 0.142. The van der Waals surface area contributed by atoms with Crippen LogP contribution in [-0.2, 0) is 20.9 Å². The molecule has 1 atom stereocenters. The lowest BCUT2D eigenvalue weighted by atomic mass is 10.0. The Bertz CT molecular complexity index is 799. The molecule has 0 saturated heterocycles. The molecule has 0 spiro atoms. The average molecular weight is 343 g/mol. The van der Waals surface area contributed by atoms with Gasteiger partial charge in [0.05, 0.1) is 12.8 Å². The third-order valence-electron chi connectivity index (χ3n) is 3.67. The molecule has 25 heavy (non-hydrogen) atoms. The SMILES string of the molecule is COC(=O)[C@H](NC(=O)Cn1nc(-c2ccccc2)ccc1=O)C(C)C. The first-order valence-corrected chi connectivity index (χ1v) is 7.93. The summed E-state index contributed by atoms with van der Waals surface area (Å²) in [5.41, 5.74) is 1.03. The topological polar surface area (TPSA) is 90.3 Å². The third-order valence-corrected chi connectivity index (χ3v) is 3.67. The van der Waals surface area contributed by atoms with E-state index in [9.17, 15) is 14.4 Å². The molecule has 0 bridgehead atoms. The number of ether oxygens (including phenoxy) is 1. The summed E-state index contributed by atoms with van der Waals surface area (Å²) in [5.74, 6) is -1.15. The number of esters is 1. The third kappa shape index (κ3) is 4.76. The lowest BCUT2D eigenvalue weighted by Crippen LogP contribution is -2.47. The highest BCUT2D eigenvalue weighted by Gasteiger charge is 2.25. The molecule has 1 heterocycles. The zero-order valence-electron chi connectivity index (χ0n) is 14.4. The normalized spacial score (nSPS) is 11.8. The maximum atomic E-state index is 12.2. The molecule has 0 unspecified atom stereocenters. The first kappa shape index (κ1) is 18.4. The fourth-order valence-corrected chi connectivity index (χ4v) is 2.30. The molecule has 132 valence electrons. The number of nitrogens with one attached hydrogen (secondary N) is 1. The standard InChI is InChI=1S/C18H21N3O4/c1-12(2)17(18(24)25-3)19-15(22)11-21-16(23)10-9-14(20-21)13-7-5-4-6-8-13/h4-10,12,17H,11H2,1-3H3,(H,19,22)/t17-/m1/s1. The second-order valence-corrected chi connectivity index (χ2v) is 5.89. The number of hydrogen-bond donors (Lipinski definition) is 1. The Hall–Kier alpha value is -2.96. The van der Waals surface area contributed by atoms with E-state index in [-0.39, 0.29) is 12.5 Å². The van der Waals surface area contributed by atoms with Gasteiger partial charge in [0, 0.05) is 11.6 Å². The van der Waals surface area contributed by atoms with Crippen molar-refractivity contribution in [1.29, 1.82) is 0 Å². The van der Waals surface area contributed by atoms with E-state index in [2.05, 4.69) is 15.2 Å². The van der Waals surface area contributed by atoms with Gasteiger partial charge < -0.3 is 10.1 Å². The molecule has 0 saturated carbocycles. The summed E-state index contributed by atoms with van der Waals surface area (Å²) in [6, 6.07) is 11.5. The Morgan fingerprint density at radius 2 is 1.84 bits per heavy atom. The van der Waals surface area contributed by atoms with Crippen molar-refractivity contribution in [3.8, 4) is 11.3 Å². The maximum Gasteiger partial charge on any atom is 0.328 e. The summed E-state index contributed by atoms with van der Waals surface area (Å²) < 4.78 is 5.76. The van der Waals surface area contributed by atoms with Gasteiger partial charge in [-0.2, -0.15) is 5.10 Å². The number of hydrogen-bond acceptors (Lipinski definition) is 5. The summed E-state index contributed by atoms with van der Waals surface area (Å²) in [7, 11) is 1.26. The molecular weight excluding hydrogens is 322 g/mol. The highest BCUT2D eigenvalue weighted by molar-refractivity contribution is 5.84. The van der Waals surface area contributed by atoms with E-state index in [0.29, 0.717) is 5.69 Å². The van der Waals surface area contributed by atoms with Gasteiger partial charge in [0.2, 0.25) is 5.91 Å². The van der Waals surface area contributed by atoms with Crippen LogP contribution in [0.1, 0.15) is 13.8 Å². The van der Waals surface area contributed by atoms with Gasteiger partial charge in [0.1, 0.15) is 12.6 Å². The van der Waals surface area contributed by atoms with Gasteiger partial charge in [-0.05, 0) is 12.0 Å². The van der Waals surface area contributed by atoms with Crippen molar-refractivity contribution in [1.82, 2.24) is 15.1 Å². The van der Waals surface area contributed by atoms with Crippen molar-refractivity contribution in [2.45, 2.75) is 26.4 Å². The fraction of sp³-hybridized carbons (Fsp3) is 0.333. The van der Waals surface area contributed by atoms with Crippen molar-refractivity contribution in [3.63, 3.8) is 0 Å². The number of benzene rings is 1. The van der Waals surface area contributed by atoms with E-state index >= 15 is 0 Å². The predicted molar refractivity (Wildman–Crippen MR) is 92.7 cm³/mol. The van der Waals surface area contributed by atoms with Gasteiger partial charge in [-0.25, -0.2) is 9.48 Å². The zero-order valence-corrected chi connectivity index (χ0v) is 14.4. The molecule has 0 aliphatic heterocycles. The lowest BCUT2D eigenvalue weighted by molar-refractivity contribution is -0.146. The summed E-state index contributed by atoms with van der Waals surface area (Å²) in [6.07, 6.45) is 0. The average Bonchev–Trinajstić information content (AvgIpc) is 2.61. The molecule has 7 heteroatoms. The minimum atomic E-state index is -0.773. The van der Waals surface area contributed by atoms with Gasteiger partial charge >= 0.3 is 5.97 Å². The van der Waals surface area contributed by atoms with Crippen LogP contribution in [0.25, 0.3) is 11.3 Å². The largest absolute Gasteiger partial charge is 0.467 e. The predicted octanol–water partition coefficient (Wildman–Crippen LogP) is 1.22. The molecule has 2 aromatic rings. The molecule has 0 radical (unpaired) electrons. The van der Waals surface area contributed by atoms with Crippen LogP contribution >= 0.6 is 0 Å². The lowest BCUT2D eigenvalue weighted by Gasteiger charge is -2.19. The van der Waals surface area contributed by atoms with Crippen LogP contribution in [0.2, 0.25) is 0 Å². The number of carbonyl (C=O) groups is 2. The van der Waals surface area contributed by atoms with Crippen molar-refractivity contribution >= 4 is 11.9 Å². The van der Waals surface area contributed by atoms with Crippen LogP contribution in [0, 0.1) is 5.92 Å². The van der Waals surface area contributed by atoms with Crippen LogP contribution < -0.4 is 10.9 Å². The second-order valence-electron chi connectivity index (χ2n) is 5.89. The van der Waals surface area contributed by atoms with Crippen molar-refractivity contribution in [2.75, 3.05) is 7.11 Å². The molecule has 0 fully saturated rings. The summed E-state index contributed by atoms with van der Waals surface area (Å²) in [4.78, 5) is 35.9. The molecule has 1 N–H and O–H groups in total. The fourth-order valence-electron chi connectivity index (χ4n) is 2.30. The molecule has 7 nitrogen and oxygen atoms in total. The number of aromatic nitrogens is 2. The highest BCUT2D eigenvalue weighted by atomic mass is 16.5. The monoisotopic (exact) mass is 343 g/mol. The van der Waals surface area contributed by atoms with E-state index < -0.39 is 23.5 Å². The molecule has 1 aromatic carbocycles. The quantitative estimate of drug-likeness (QED) is 0.797. The van der Waals surface area contributed by atoms with Crippen molar-refractivity contribution in [3.05, 3.63) is 52.8 Å². The first-order valence-electron chi connectivity index (χ1n) is 7.93. The van der Waals surface area contributed by atoms with E-state index in [4.69, 9.17) is 0 Å². The highest BCUT2D eigenvalue weighted by Crippen LogP contribution is 2.13. The van der Waals surface area contributed by atoms with Gasteiger partial charge in [0.25, 0.3) is 5.56 Å². The number of carbonyl (C=O) groups excluding carboxylic acids is 2. The van der Waals surface area contributed by atoms with Crippen LogP contribution in [0.15, 0.2) is 47.3 Å². The number of amides is 1. The number of methoxy groups -OCH3 is 1. The number of rotatable bonds is 6. The molecule has 0 aliphatic carbocycles. The molecule has 1 amide bonds. The van der Waals surface area contributed by atoms with E-state index in [1.165, 1.54) is 13.2 Å². The van der Waals surface area contributed by atoms with Crippen LogP contribution in [0.3, 0.4) is 0 Å². The van der Waals surface area contributed by atoms with E-state index in [0.717, 1.165) is 10.2 Å². The van der Waals surface area contributed by atoms with Gasteiger partial charge in [0.15, 0.2) is 0 Å². The Morgan fingerprint density at radius 1 is 1.16 bits per heavy atom. The molecule has 1 aromatic heterocycles. The van der Waals surface area contributed by atoms with E-state index in [1.54, 1.807) is 19.9 Å². The summed E-state index contributed by atoms with van der Waals surface area (Å²) in [5, 5.41) is 6.82.